The molecule has 1 N–H and O–H groups in total. The molecule has 0 saturated carbocycles. The van der Waals surface area contributed by atoms with E-state index in [2.05, 4.69) is 5.32 Å². The summed E-state index contributed by atoms with van der Waals surface area (Å²) in [6, 6.07) is 4.71. The Bertz CT molecular complexity index is 523. The van der Waals surface area contributed by atoms with Crippen molar-refractivity contribution >= 4 is 23.9 Å². The first-order chi connectivity index (χ1) is 8.54. The number of benzene rings is 1. The third kappa shape index (κ3) is 1.99. The van der Waals surface area contributed by atoms with Gasteiger partial charge in [0, 0.05) is 12.2 Å². The molecule has 0 aromatic heterocycles. The van der Waals surface area contributed by atoms with Crippen LogP contribution >= 0.6 is 0 Å². The molecule has 5 heteroatoms. The zero-order valence-corrected chi connectivity index (χ0v) is 10.3. The predicted octanol–water partition coefficient (Wildman–Crippen LogP) is 1.51. The van der Waals surface area contributed by atoms with Gasteiger partial charge in [0.1, 0.15) is 0 Å². The minimum absolute atomic E-state index is 0.222. The van der Waals surface area contributed by atoms with E-state index in [1.165, 1.54) is 11.0 Å². The third-order valence-electron chi connectivity index (χ3n) is 2.74. The summed E-state index contributed by atoms with van der Waals surface area (Å²) in [5, 5.41) is 2.47. The lowest BCUT2D eigenvalue weighted by atomic mass is 10.1. The number of imide groups is 1. The van der Waals surface area contributed by atoms with E-state index in [-0.39, 0.29) is 17.7 Å². The van der Waals surface area contributed by atoms with Crippen LogP contribution in [0.1, 0.15) is 34.6 Å². The second-order valence-corrected chi connectivity index (χ2v) is 4.64. The Morgan fingerprint density at radius 2 is 1.89 bits per heavy atom. The minimum atomic E-state index is -0.293. The Morgan fingerprint density at radius 3 is 2.50 bits per heavy atom. The van der Waals surface area contributed by atoms with Crippen LogP contribution in [0.3, 0.4) is 0 Å². The Morgan fingerprint density at radius 1 is 1.22 bits per heavy atom. The largest absolute Gasteiger partial charge is 0.329 e. The molecule has 1 aliphatic heterocycles. The zero-order chi connectivity index (χ0) is 13.3. The average molecular weight is 246 g/mol. The van der Waals surface area contributed by atoms with Crippen molar-refractivity contribution in [3.05, 3.63) is 29.3 Å². The fourth-order valence-corrected chi connectivity index (χ4v) is 1.98. The first-order valence-corrected chi connectivity index (χ1v) is 5.75. The average Bonchev–Trinajstić information content (AvgIpc) is 2.55. The SMILES string of the molecule is CC(C)CN1C(=O)c2ccc(NC=O)cc2C1=O. The summed E-state index contributed by atoms with van der Waals surface area (Å²) in [7, 11) is 0. The van der Waals surface area contributed by atoms with Gasteiger partial charge in [-0.1, -0.05) is 13.8 Å². The zero-order valence-electron chi connectivity index (χ0n) is 10.3. The Hall–Kier alpha value is -2.17. The summed E-state index contributed by atoms with van der Waals surface area (Å²) >= 11 is 0. The molecule has 0 spiro atoms. The molecular formula is C13H14N2O3. The highest BCUT2D eigenvalue weighted by molar-refractivity contribution is 6.21. The number of hydrogen-bond acceptors (Lipinski definition) is 3. The van der Waals surface area contributed by atoms with Crippen molar-refractivity contribution in [3.63, 3.8) is 0 Å². The van der Waals surface area contributed by atoms with E-state index in [4.69, 9.17) is 0 Å². The van der Waals surface area contributed by atoms with Crippen LogP contribution in [0.5, 0.6) is 0 Å². The minimum Gasteiger partial charge on any atom is -0.329 e. The summed E-state index contributed by atoms with van der Waals surface area (Å²) in [5.41, 5.74) is 1.26. The summed E-state index contributed by atoms with van der Waals surface area (Å²) < 4.78 is 0. The van der Waals surface area contributed by atoms with Crippen LogP contribution in [0, 0.1) is 5.92 Å². The first kappa shape index (κ1) is 12.3. The van der Waals surface area contributed by atoms with Gasteiger partial charge >= 0.3 is 0 Å². The standard InChI is InChI=1S/C13H14N2O3/c1-8(2)6-15-12(17)10-4-3-9(14-7-16)5-11(10)13(15)18/h3-5,7-8H,6H2,1-2H3,(H,14,16). The summed E-state index contributed by atoms with van der Waals surface area (Å²) in [4.78, 5) is 35.7. The molecule has 1 heterocycles. The number of anilines is 1. The van der Waals surface area contributed by atoms with Crippen molar-refractivity contribution in [1.29, 1.82) is 0 Å². The molecular weight excluding hydrogens is 232 g/mol. The van der Waals surface area contributed by atoms with Crippen molar-refractivity contribution in [1.82, 2.24) is 4.90 Å². The lowest BCUT2D eigenvalue weighted by Crippen LogP contribution is -2.33. The summed E-state index contributed by atoms with van der Waals surface area (Å²) in [5.74, 6) is -0.334. The molecule has 1 aromatic rings. The van der Waals surface area contributed by atoms with Gasteiger partial charge in [-0.05, 0) is 24.1 Å². The highest BCUT2D eigenvalue weighted by atomic mass is 16.2. The predicted molar refractivity (Wildman–Crippen MR) is 66.3 cm³/mol. The number of nitrogens with one attached hydrogen (secondary N) is 1. The summed E-state index contributed by atoms with van der Waals surface area (Å²) in [6.45, 7) is 4.30. The lowest BCUT2D eigenvalue weighted by Gasteiger charge is -2.15. The van der Waals surface area contributed by atoms with Crippen LogP contribution in [0.15, 0.2) is 18.2 Å². The van der Waals surface area contributed by atoms with Gasteiger partial charge in [-0.2, -0.15) is 0 Å². The first-order valence-electron chi connectivity index (χ1n) is 5.75. The van der Waals surface area contributed by atoms with Gasteiger partial charge < -0.3 is 5.32 Å². The maximum absolute atomic E-state index is 12.1. The van der Waals surface area contributed by atoms with Gasteiger partial charge in [0.25, 0.3) is 11.8 Å². The highest BCUT2D eigenvalue weighted by Crippen LogP contribution is 2.26. The van der Waals surface area contributed by atoms with Crippen LogP contribution in [0.25, 0.3) is 0 Å². The maximum Gasteiger partial charge on any atom is 0.261 e. The van der Waals surface area contributed by atoms with E-state index in [0.717, 1.165) is 0 Å². The molecule has 0 fully saturated rings. The lowest BCUT2D eigenvalue weighted by molar-refractivity contribution is -0.105. The van der Waals surface area contributed by atoms with Gasteiger partial charge in [-0.25, -0.2) is 0 Å². The number of fused-ring (bicyclic) bond motifs is 1. The van der Waals surface area contributed by atoms with E-state index in [1.54, 1.807) is 12.1 Å². The number of amides is 3. The molecule has 18 heavy (non-hydrogen) atoms. The fraction of sp³-hybridized carbons (Fsp3) is 0.308. The summed E-state index contributed by atoms with van der Waals surface area (Å²) in [6.07, 6.45) is 0.537. The van der Waals surface area contributed by atoms with Crippen molar-refractivity contribution < 1.29 is 14.4 Å². The number of nitrogens with zero attached hydrogens (tertiary/aromatic N) is 1. The molecule has 0 unspecified atom stereocenters. The van der Waals surface area contributed by atoms with Crippen LogP contribution < -0.4 is 5.32 Å². The van der Waals surface area contributed by atoms with E-state index >= 15 is 0 Å². The second kappa shape index (κ2) is 4.60. The topological polar surface area (TPSA) is 66.5 Å². The van der Waals surface area contributed by atoms with Gasteiger partial charge in [0.2, 0.25) is 6.41 Å². The van der Waals surface area contributed by atoms with Gasteiger partial charge in [0.05, 0.1) is 11.1 Å². The van der Waals surface area contributed by atoms with E-state index < -0.39 is 0 Å². The van der Waals surface area contributed by atoms with Gasteiger partial charge in [-0.3, -0.25) is 19.3 Å². The van der Waals surface area contributed by atoms with E-state index in [9.17, 15) is 14.4 Å². The molecule has 3 amide bonds. The molecule has 0 aliphatic carbocycles. The van der Waals surface area contributed by atoms with Crippen LogP contribution in [-0.4, -0.2) is 29.7 Å². The Balaban J connectivity index is 2.36. The van der Waals surface area contributed by atoms with Gasteiger partial charge in [0.15, 0.2) is 0 Å². The second-order valence-electron chi connectivity index (χ2n) is 4.64. The molecule has 5 nitrogen and oxygen atoms in total. The monoisotopic (exact) mass is 246 g/mol. The molecule has 2 rings (SSSR count). The highest BCUT2D eigenvalue weighted by Gasteiger charge is 2.35. The van der Waals surface area contributed by atoms with Crippen LogP contribution in [-0.2, 0) is 4.79 Å². The Kier molecular flexibility index (Phi) is 3.14. The molecule has 1 aliphatic rings. The molecule has 1 aromatic carbocycles. The van der Waals surface area contributed by atoms with Crippen molar-refractivity contribution in [2.45, 2.75) is 13.8 Å². The molecule has 0 bridgehead atoms. The third-order valence-corrected chi connectivity index (χ3v) is 2.74. The number of carbonyl (C=O) groups excluding carboxylic acids is 3. The Labute approximate surface area is 105 Å². The number of hydrogen-bond donors (Lipinski definition) is 1. The smallest absolute Gasteiger partial charge is 0.261 e. The molecule has 0 saturated heterocycles. The van der Waals surface area contributed by atoms with Crippen molar-refractivity contribution in [2.75, 3.05) is 11.9 Å². The van der Waals surface area contributed by atoms with Crippen LogP contribution in [0.4, 0.5) is 5.69 Å². The van der Waals surface area contributed by atoms with Crippen molar-refractivity contribution in [2.24, 2.45) is 5.92 Å². The normalized spacial score (nSPS) is 14.1. The van der Waals surface area contributed by atoms with Crippen molar-refractivity contribution in [3.8, 4) is 0 Å². The molecule has 0 atom stereocenters. The molecule has 94 valence electrons. The maximum atomic E-state index is 12.1. The number of rotatable bonds is 4. The van der Waals surface area contributed by atoms with Crippen LogP contribution in [0.2, 0.25) is 0 Å². The molecule has 0 radical (unpaired) electrons. The fourth-order valence-electron chi connectivity index (χ4n) is 1.98. The van der Waals surface area contributed by atoms with Gasteiger partial charge in [-0.15, -0.1) is 0 Å². The quantitative estimate of drug-likeness (QED) is 0.646. The van der Waals surface area contributed by atoms with E-state index in [1.807, 2.05) is 13.8 Å². The van der Waals surface area contributed by atoms with E-state index in [0.29, 0.717) is 29.8 Å². The number of carbonyl (C=O) groups is 3.